The number of methoxy groups -OCH3 is 1. The van der Waals surface area contributed by atoms with Gasteiger partial charge in [-0.3, -0.25) is 9.20 Å². The number of ether oxygens (including phenoxy) is 1. The third kappa shape index (κ3) is 5.12. The number of anilines is 1. The number of hydrogen-bond donors (Lipinski definition) is 0. The molecule has 0 N–H and O–H groups in total. The minimum Gasteiger partial charge on any atom is -0.494 e. The Morgan fingerprint density at radius 2 is 1.78 bits per heavy atom. The molecule has 1 aliphatic rings. The summed E-state index contributed by atoms with van der Waals surface area (Å²) in [6, 6.07) is 9.93. The van der Waals surface area contributed by atoms with Gasteiger partial charge in [0.05, 0.1) is 18.5 Å². The van der Waals surface area contributed by atoms with Crippen LogP contribution in [0.5, 0.6) is 5.75 Å². The Morgan fingerprint density at radius 3 is 2.50 bits per heavy atom. The number of benzene rings is 1. The molecule has 3 heterocycles. The van der Waals surface area contributed by atoms with Crippen LogP contribution < -0.4 is 15.2 Å². The van der Waals surface area contributed by atoms with Crippen LogP contribution in [0.4, 0.5) is 10.1 Å². The fourth-order valence-corrected chi connectivity index (χ4v) is 4.15. The van der Waals surface area contributed by atoms with E-state index in [1.165, 1.54) is 25.7 Å². The molecule has 5 nitrogen and oxygen atoms in total. The first-order valence-corrected chi connectivity index (χ1v) is 11.6. The van der Waals surface area contributed by atoms with E-state index < -0.39 is 5.82 Å². The number of fused-ring (bicyclic) bond motifs is 1. The quantitative estimate of drug-likeness (QED) is 0.518. The molecule has 0 spiro atoms. The summed E-state index contributed by atoms with van der Waals surface area (Å²) in [4.78, 5) is 19.8. The lowest BCUT2D eigenvalue weighted by Gasteiger charge is -2.31. The van der Waals surface area contributed by atoms with Crippen molar-refractivity contribution in [3.05, 3.63) is 58.8 Å². The van der Waals surface area contributed by atoms with Gasteiger partial charge in [0.1, 0.15) is 5.65 Å². The summed E-state index contributed by atoms with van der Waals surface area (Å²) in [5.74, 6) is 1.15. The van der Waals surface area contributed by atoms with Gasteiger partial charge >= 0.3 is 0 Å². The Bertz CT molecular complexity index is 1110. The van der Waals surface area contributed by atoms with E-state index in [0.717, 1.165) is 37.5 Å². The summed E-state index contributed by atoms with van der Waals surface area (Å²) in [6.45, 7) is 10.6. The van der Waals surface area contributed by atoms with Gasteiger partial charge in [0.2, 0.25) is 0 Å². The van der Waals surface area contributed by atoms with Crippen LogP contribution >= 0.6 is 0 Å². The van der Waals surface area contributed by atoms with Crippen LogP contribution in [0.3, 0.4) is 0 Å². The zero-order valence-corrected chi connectivity index (χ0v) is 19.8. The monoisotopic (exact) mass is 439 g/mol. The molecule has 2 atom stereocenters. The van der Waals surface area contributed by atoms with Gasteiger partial charge in [0.15, 0.2) is 11.6 Å². The highest BCUT2D eigenvalue weighted by Gasteiger charge is 2.19. The van der Waals surface area contributed by atoms with E-state index in [9.17, 15) is 9.18 Å². The van der Waals surface area contributed by atoms with Gasteiger partial charge in [-0.05, 0) is 61.4 Å². The minimum absolute atomic E-state index is 0.165. The van der Waals surface area contributed by atoms with E-state index in [1.807, 2.05) is 32.2 Å². The SMILES string of the molecule is CC.COc1ccc(-c2cc(=O)n3cc(N4CCCC(C)C(C)CC4)ccc3n2)cc1F. The largest absolute Gasteiger partial charge is 0.494 e. The molecule has 1 saturated heterocycles. The Kier molecular flexibility index (Phi) is 7.89. The molecular formula is C26H34FN3O2. The number of pyridine rings is 1. The minimum atomic E-state index is -0.479. The molecule has 3 aromatic rings. The molecule has 1 aromatic carbocycles. The molecule has 0 saturated carbocycles. The normalized spacial score (nSPS) is 19.0. The Hall–Kier alpha value is -2.89. The average Bonchev–Trinajstić information content (AvgIpc) is 2.81. The molecule has 1 fully saturated rings. The maximum atomic E-state index is 14.1. The molecule has 0 bridgehead atoms. The number of hydrogen-bond acceptors (Lipinski definition) is 4. The van der Waals surface area contributed by atoms with E-state index in [1.54, 1.807) is 16.5 Å². The van der Waals surface area contributed by atoms with Crippen LogP contribution in [0, 0.1) is 17.7 Å². The summed E-state index contributed by atoms with van der Waals surface area (Å²) in [5, 5.41) is 0. The van der Waals surface area contributed by atoms with Crippen molar-refractivity contribution < 1.29 is 9.13 Å². The second-order valence-corrected chi connectivity index (χ2v) is 8.32. The third-order valence-corrected chi connectivity index (χ3v) is 6.37. The lowest BCUT2D eigenvalue weighted by atomic mass is 9.87. The van der Waals surface area contributed by atoms with Gasteiger partial charge in [-0.2, -0.15) is 0 Å². The van der Waals surface area contributed by atoms with Gasteiger partial charge in [0.25, 0.3) is 5.56 Å². The molecule has 32 heavy (non-hydrogen) atoms. The van der Waals surface area contributed by atoms with E-state index in [-0.39, 0.29) is 11.3 Å². The van der Waals surface area contributed by atoms with E-state index in [0.29, 0.717) is 22.8 Å². The van der Waals surface area contributed by atoms with Crippen LogP contribution in [0.1, 0.15) is 47.0 Å². The van der Waals surface area contributed by atoms with E-state index >= 15 is 0 Å². The van der Waals surface area contributed by atoms with Gasteiger partial charge in [-0.15, -0.1) is 0 Å². The van der Waals surface area contributed by atoms with Crippen molar-refractivity contribution in [1.29, 1.82) is 0 Å². The van der Waals surface area contributed by atoms with Crippen molar-refractivity contribution in [3.8, 4) is 17.0 Å². The Balaban J connectivity index is 0.00000141. The van der Waals surface area contributed by atoms with Gasteiger partial charge < -0.3 is 9.64 Å². The predicted molar refractivity (Wildman–Crippen MR) is 129 cm³/mol. The lowest BCUT2D eigenvalue weighted by molar-refractivity contribution is 0.322. The first-order valence-electron chi connectivity index (χ1n) is 11.6. The molecule has 4 rings (SSSR count). The topological polar surface area (TPSA) is 46.8 Å². The predicted octanol–water partition coefficient (Wildman–Crippen LogP) is 5.80. The number of aromatic nitrogens is 2. The molecule has 2 aromatic heterocycles. The highest BCUT2D eigenvalue weighted by Crippen LogP contribution is 2.27. The number of rotatable bonds is 3. The zero-order chi connectivity index (χ0) is 23.3. The first kappa shape index (κ1) is 23.8. The highest BCUT2D eigenvalue weighted by molar-refractivity contribution is 5.63. The average molecular weight is 440 g/mol. The number of halogens is 1. The van der Waals surface area contributed by atoms with Crippen LogP contribution in [-0.2, 0) is 0 Å². The smallest absolute Gasteiger partial charge is 0.258 e. The summed E-state index contributed by atoms with van der Waals surface area (Å²) < 4.78 is 20.6. The van der Waals surface area contributed by atoms with Crippen LogP contribution in [0.2, 0.25) is 0 Å². The molecule has 172 valence electrons. The highest BCUT2D eigenvalue weighted by atomic mass is 19.1. The fraction of sp³-hybridized carbons (Fsp3) is 0.462. The molecular weight excluding hydrogens is 405 g/mol. The maximum absolute atomic E-state index is 14.1. The molecule has 6 heteroatoms. The fourth-order valence-electron chi connectivity index (χ4n) is 4.15. The summed E-state index contributed by atoms with van der Waals surface area (Å²) in [5.41, 5.74) is 2.40. The number of nitrogens with zero attached hydrogens (tertiary/aromatic N) is 3. The summed E-state index contributed by atoms with van der Waals surface area (Å²) >= 11 is 0. The van der Waals surface area contributed by atoms with E-state index in [4.69, 9.17) is 4.74 Å². The van der Waals surface area contributed by atoms with Gasteiger partial charge in [-0.1, -0.05) is 27.7 Å². The van der Waals surface area contributed by atoms with Gasteiger partial charge in [-0.25, -0.2) is 9.37 Å². The van der Waals surface area contributed by atoms with Crippen LogP contribution in [-0.4, -0.2) is 29.6 Å². The first-order chi connectivity index (χ1) is 15.5. The van der Waals surface area contributed by atoms with Crippen molar-refractivity contribution in [1.82, 2.24) is 9.38 Å². The molecule has 0 aliphatic carbocycles. The van der Waals surface area contributed by atoms with Crippen molar-refractivity contribution >= 4 is 11.3 Å². The van der Waals surface area contributed by atoms with Crippen molar-refractivity contribution in [2.24, 2.45) is 11.8 Å². The summed E-state index contributed by atoms with van der Waals surface area (Å²) in [6.07, 6.45) is 5.40. The Morgan fingerprint density at radius 1 is 1.03 bits per heavy atom. The molecule has 0 amide bonds. The third-order valence-electron chi connectivity index (χ3n) is 6.37. The van der Waals surface area contributed by atoms with Crippen molar-refractivity contribution in [2.45, 2.75) is 47.0 Å². The van der Waals surface area contributed by atoms with E-state index in [2.05, 4.69) is 23.7 Å². The second kappa shape index (κ2) is 10.6. The molecule has 0 radical (unpaired) electrons. The standard InChI is InChI=1S/C24H28FN3O2.C2H6/c1-16-5-4-11-27(12-10-17(16)2)19-7-9-23-26-21(14-24(29)28(23)15-19)18-6-8-22(30-3)20(25)13-18;1-2/h6-9,13-17H,4-5,10-12H2,1-3H3;1-2H3. The molecule has 2 unspecified atom stereocenters. The lowest BCUT2D eigenvalue weighted by Crippen LogP contribution is -2.31. The van der Waals surface area contributed by atoms with Crippen molar-refractivity contribution in [2.75, 3.05) is 25.1 Å². The Labute approximate surface area is 189 Å². The zero-order valence-electron chi connectivity index (χ0n) is 19.8. The maximum Gasteiger partial charge on any atom is 0.258 e. The summed E-state index contributed by atoms with van der Waals surface area (Å²) in [7, 11) is 1.42. The van der Waals surface area contributed by atoms with Crippen LogP contribution in [0.15, 0.2) is 47.4 Å². The molecule has 1 aliphatic heterocycles. The van der Waals surface area contributed by atoms with Gasteiger partial charge in [0, 0.05) is 30.9 Å². The second-order valence-electron chi connectivity index (χ2n) is 8.32. The van der Waals surface area contributed by atoms with Crippen LogP contribution in [0.25, 0.3) is 16.9 Å². The van der Waals surface area contributed by atoms with Crippen molar-refractivity contribution in [3.63, 3.8) is 0 Å².